The highest BCUT2D eigenvalue weighted by atomic mass is 16.5. The maximum absolute atomic E-state index is 9.98. The van der Waals surface area contributed by atoms with Crippen molar-refractivity contribution in [2.45, 2.75) is 13.5 Å². The summed E-state index contributed by atoms with van der Waals surface area (Å²) >= 11 is 0. The largest absolute Gasteiger partial charge is 0.508 e. The van der Waals surface area contributed by atoms with E-state index in [2.05, 4.69) is 16.5 Å². The highest BCUT2D eigenvalue weighted by Crippen LogP contribution is 2.30. The summed E-state index contributed by atoms with van der Waals surface area (Å²) in [6, 6.07) is 7.07. The van der Waals surface area contributed by atoms with E-state index in [1.165, 1.54) is 0 Å². The van der Waals surface area contributed by atoms with Gasteiger partial charge in [-0.05, 0) is 24.6 Å². The van der Waals surface area contributed by atoms with Gasteiger partial charge < -0.3 is 19.3 Å². The van der Waals surface area contributed by atoms with Crippen molar-refractivity contribution in [2.75, 3.05) is 31.2 Å². The molecule has 0 aliphatic carbocycles. The summed E-state index contributed by atoms with van der Waals surface area (Å²) in [6.07, 6.45) is 9.61. The van der Waals surface area contributed by atoms with Crippen molar-refractivity contribution < 1.29 is 9.84 Å². The minimum Gasteiger partial charge on any atom is -0.508 e. The lowest BCUT2D eigenvalue weighted by Gasteiger charge is -2.27. The number of imidazole rings is 1. The summed E-state index contributed by atoms with van der Waals surface area (Å²) in [5.41, 5.74) is 4.01. The maximum atomic E-state index is 9.98. The van der Waals surface area contributed by atoms with Gasteiger partial charge in [0.25, 0.3) is 0 Å². The highest BCUT2D eigenvalue weighted by Gasteiger charge is 2.20. The monoisotopic (exact) mass is 403 g/mol. The highest BCUT2D eigenvalue weighted by molar-refractivity contribution is 5.88. The molecular formula is C23H25N5O2. The Morgan fingerprint density at radius 1 is 1.27 bits per heavy atom. The molecule has 0 bridgehead atoms. The van der Waals surface area contributed by atoms with E-state index in [1.807, 2.05) is 41.9 Å². The Hall–Kier alpha value is -3.45. The summed E-state index contributed by atoms with van der Waals surface area (Å²) in [5.74, 6) is 0.832. The van der Waals surface area contributed by atoms with Crippen LogP contribution in [0.1, 0.15) is 6.92 Å². The lowest BCUT2D eigenvalue weighted by molar-refractivity contribution is 0.122. The van der Waals surface area contributed by atoms with Gasteiger partial charge in [0.2, 0.25) is 5.95 Å². The first-order valence-corrected chi connectivity index (χ1v) is 9.99. The van der Waals surface area contributed by atoms with Gasteiger partial charge in [-0.15, -0.1) is 0 Å². The second kappa shape index (κ2) is 8.92. The van der Waals surface area contributed by atoms with Crippen molar-refractivity contribution in [3.05, 3.63) is 67.0 Å². The van der Waals surface area contributed by atoms with Crippen molar-refractivity contribution >= 4 is 17.1 Å². The van der Waals surface area contributed by atoms with E-state index in [4.69, 9.17) is 14.7 Å². The van der Waals surface area contributed by atoms with Crippen molar-refractivity contribution in [1.29, 1.82) is 0 Å². The normalized spacial score (nSPS) is 15.2. The fraction of sp³-hybridized carbons (Fsp3) is 0.261. The predicted molar refractivity (Wildman–Crippen MR) is 119 cm³/mol. The molecule has 3 heterocycles. The van der Waals surface area contributed by atoms with E-state index in [9.17, 15) is 5.11 Å². The number of hydrogen-bond donors (Lipinski definition) is 1. The molecule has 30 heavy (non-hydrogen) atoms. The van der Waals surface area contributed by atoms with Crippen LogP contribution in [-0.2, 0) is 11.3 Å². The molecule has 1 N–H and O–H groups in total. The Morgan fingerprint density at radius 3 is 2.83 bits per heavy atom. The zero-order valence-corrected chi connectivity index (χ0v) is 17.0. The SMILES string of the molecule is C=C/C(=C\C=C/C)Cn1cnc2c(-c3cccc(O)c3)nc(N3CCOCC3)nc21. The van der Waals surface area contributed by atoms with Crippen LogP contribution in [0, 0.1) is 0 Å². The van der Waals surface area contributed by atoms with Crippen molar-refractivity contribution in [1.82, 2.24) is 19.5 Å². The second-order valence-corrected chi connectivity index (χ2v) is 7.04. The predicted octanol–water partition coefficient (Wildman–Crippen LogP) is 3.72. The number of fused-ring (bicyclic) bond motifs is 1. The standard InChI is InChI=1S/C23H25N5O2/c1-3-5-7-17(4-2)15-28-16-24-21-20(18-8-6-9-19(29)14-18)25-23(26-22(21)28)27-10-12-30-13-11-27/h3-9,14,16,29H,2,10-13,15H2,1H3/b5-3-,17-7+. The number of phenols is 1. The lowest BCUT2D eigenvalue weighted by atomic mass is 10.1. The van der Waals surface area contributed by atoms with Gasteiger partial charge in [-0.1, -0.05) is 43.0 Å². The van der Waals surface area contributed by atoms with Crippen molar-refractivity contribution in [3.63, 3.8) is 0 Å². The first kappa shape index (κ1) is 19.8. The first-order chi connectivity index (χ1) is 14.7. The number of morpholine rings is 1. The van der Waals surface area contributed by atoms with Gasteiger partial charge in [-0.25, -0.2) is 9.97 Å². The van der Waals surface area contributed by atoms with Crippen molar-refractivity contribution in [3.8, 4) is 17.0 Å². The fourth-order valence-corrected chi connectivity index (χ4v) is 3.41. The van der Waals surface area contributed by atoms with E-state index in [-0.39, 0.29) is 5.75 Å². The number of nitrogens with zero attached hydrogens (tertiary/aromatic N) is 5. The summed E-state index contributed by atoms with van der Waals surface area (Å²) in [5, 5.41) is 9.98. The van der Waals surface area contributed by atoms with Crippen LogP contribution < -0.4 is 4.90 Å². The van der Waals surface area contributed by atoms with Crippen LogP contribution in [0.15, 0.2) is 67.0 Å². The van der Waals surface area contributed by atoms with Gasteiger partial charge in [-0.3, -0.25) is 0 Å². The Balaban J connectivity index is 1.85. The van der Waals surface area contributed by atoms with Gasteiger partial charge in [0.05, 0.1) is 26.1 Å². The molecule has 1 fully saturated rings. The van der Waals surface area contributed by atoms with Gasteiger partial charge in [0.1, 0.15) is 17.0 Å². The quantitative estimate of drug-likeness (QED) is 0.632. The molecular weight excluding hydrogens is 378 g/mol. The van der Waals surface area contributed by atoms with E-state index in [1.54, 1.807) is 24.5 Å². The number of allylic oxidation sites excluding steroid dienone is 5. The molecule has 1 saturated heterocycles. The molecule has 1 aromatic carbocycles. The Labute approximate surface area is 175 Å². The van der Waals surface area contributed by atoms with Crippen LogP contribution in [0.25, 0.3) is 22.4 Å². The molecule has 0 atom stereocenters. The number of benzene rings is 1. The molecule has 0 saturated carbocycles. The van der Waals surface area contributed by atoms with E-state index in [0.717, 1.165) is 29.9 Å². The van der Waals surface area contributed by atoms with E-state index < -0.39 is 0 Å². The molecule has 1 aliphatic heterocycles. The average molecular weight is 403 g/mol. The molecule has 0 unspecified atom stereocenters. The number of anilines is 1. The van der Waals surface area contributed by atoms with Gasteiger partial charge >= 0.3 is 0 Å². The molecule has 154 valence electrons. The molecule has 7 nitrogen and oxygen atoms in total. The number of aromatic hydroxyl groups is 1. The zero-order chi connectivity index (χ0) is 20.9. The van der Waals surface area contributed by atoms with Gasteiger partial charge in [0, 0.05) is 18.7 Å². The third kappa shape index (κ3) is 4.11. The topological polar surface area (TPSA) is 76.3 Å². The van der Waals surface area contributed by atoms with Crippen LogP contribution in [0.2, 0.25) is 0 Å². The molecule has 2 aromatic heterocycles. The van der Waals surface area contributed by atoms with Crippen LogP contribution >= 0.6 is 0 Å². The molecule has 0 amide bonds. The smallest absolute Gasteiger partial charge is 0.228 e. The summed E-state index contributed by atoms with van der Waals surface area (Å²) in [6.45, 7) is 9.27. The number of hydrogen-bond acceptors (Lipinski definition) is 6. The number of rotatable bonds is 6. The summed E-state index contributed by atoms with van der Waals surface area (Å²) in [7, 11) is 0. The lowest BCUT2D eigenvalue weighted by Crippen LogP contribution is -2.37. The maximum Gasteiger partial charge on any atom is 0.228 e. The minimum atomic E-state index is 0.190. The minimum absolute atomic E-state index is 0.190. The Morgan fingerprint density at radius 2 is 2.10 bits per heavy atom. The molecule has 3 aromatic rings. The number of ether oxygens (including phenoxy) is 1. The first-order valence-electron chi connectivity index (χ1n) is 9.99. The van der Waals surface area contributed by atoms with Gasteiger partial charge in [0.15, 0.2) is 5.65 Å². The van der Waals surface area contributed by atoms with Crippen LogP contribution in [0.4, 0.5) is 5.95 Å². The summed E-state index contributed by atoms with van der Waals surface area (Å²) < 4.78 is 7.48. The zero-order valence-electron chi connectivity index (χ0n) is 17.0. The average Bonchev–Trinajstić information content (AvgIpc) is 3.19. The van der Waals surface area contributed by atoms with Crippen LogP contribution in [0.3, 0.4) is 0 Å². The molecule has 1 aliphatic rings. The summed E-state index contributed by atoms with van der Waals surface area (Å²) in [4.78, 5) is 16.4. The third-order valence-corrected chi connectivity index (χ3v) is 4.98. The third-order valence-electron chi connectivity index (χ3n) is 4.98. The van der Waals surface area contributed by atoms with Gasteiger partial charge in [-0.2, -0.15) is 4.98 Å². The second-order valence-electron chi connectivity index (χ2n) is 7.04. The van der Waals surface area contributed by atoms with Crippen LogP contribution in [0.5, 0.6) is 5.75 Å². The number of phenolic OH excluding ortho intramolecular Hbond substituents is 1. The Kier molecular flexibility index (Phi) is 5.90. The van der Waals surface area contributed by atoms with E-state index in [0.29, 0.717) is 36.9 Å². The Bertz CT molecular complexity index is 1110. The van der Waals surface area contributed by atoms with E-state index >= 15 is 0 Å². The molecule has 4 rings (SSSR count). The number of aromatic nitrogens is 4. The van der Waals surface area contributed by atoms with Crippen LogP contribution in [-0.4, -0.2) is 50.9 Å². The molecule has 0 radical (unpaired) electrons. The molecule has 7 heteroatoms. The van der Waals surface area contributed by atoms with Crippen molar-refractivity contribution in [2.24, 2.45) is 0 Å². The fourth-order valence-electron chi connectivity index (χ4n) is 3.41. The molecule has 0 spiro atoms.